The van der Waals surface area contributed by atoms with Crippen molar-refractivity contribution in [2.45, 2.75) is 71.3 Å². The van der Waals surface area contributed by atoms with Crippen LogP contribution < -0.4 is 0 Å². The maximum absolute atomic E-state index is 11.8. The number of carbonyl (C=O) groups is 2. The molecule has 0 bridgehead atoms. The summed E-state index contributed by atoms with van der Waals surface area (Å²) in [7, 11) is 0. The Bertz CT molecular complexity index is 800. The smallest absolute Gasteiger partial charge is 0.307 e. The summed E-state index contributed by atoms with van der Waals surface area (Å²) in [5, 5.41) is 0. The van der Waals surface area contributed by atoms with Gasteiger partial charge in [-0.1, -0.05) is 18.9 Å². The van der Waals surface area contributed by atoms with E-state index in [1.165, 1.54) is 19.4 Å². The largest absolute Gasteiger partial charge is 0.445 e. The molecule has 2 fully saturated rings. The molecule has 0 amide bonds. The van der Waals surface area contributed by atoms with Gasteiger partial charge in [0.2, 0.25) is 0 Å². The van der Waals surface area contributed by atoms with Crippen LogP contribution in [-0.4, -0.2) is 17.5 Å². The van der Waals surface area contributed by atoms with E-state index in [2.05, 4.69) is 25.0 Å². The lowest BCUT2D eigenvalue weighted by atomic mass is 9.51. The highest BCUT2D eigenvalue weighted by molar-refractivity contribution is 5.68. The first-order valence-electron chi connectivity index (χ1n) is 10.6. The Kier molecular flexibility index (Phi) is 4.68. The van der Waals surface area contributed by atoms with E-state index in [9.17, 15) is 9.59 Å². The van der Waals surface area contributed by atoms with Crippen molar-refractivity contribution < 1.29 is 19.1 Å². The predicted molar refractivity (Wildman–Crippen MR) is 106 cm³/mol. The summed E-state index contributed by atoms with van der Waals surface area (Å²) in [5.41, 5.74) is 0.439. The number of allylic oxidation sites excluding steroid dienone is 4. The van der Waals surface area contributed by atoms with Crippen LogP contribution in [0, 0.1) is 41.4 Å². The van der Waals surface area contributed by atoms with E-state index < -0.39 is 5.60 Å². The van der Waals surface area contributed by atoms with Crippen molar-refractivity contribution in [3.05, 3.63) is 23.5 Å². The molecule has 4 rings (SSSR count). The fraction of sp³-hybridized carbons (Fsp3) is 0.667. The van der Waals surface area contributed by atoms with E-state index in [0.29, 0.717) is 23.7 Å². The normalized spacial score (nSPS) is 41.4. The molecule has 0 aromatic rings. The number of fused-ring (bicyclic) bond motifs is 5. The van der Waals surface area contributed by atoms with Crippen LogP contribution in [0.2, 0.25) is 0 Å². The average Bonchev–Trinajstić information content (AvgIpc) is 2.93. The Labute approximate surface area is 167 Å². The molecule has 0 saturated heterocycles. The van der Waals surface area contributed by atoms with E-state index in [0.717, 1.165) is 50.7 Å². The van der Waals surface area contributed by atoms with Gasteiger partial charge in [0.1, 0.15) is 5.76 Å². The van der Waals surface area contributed by atoms with Gasteiger partial charge >= 0.3 is 11.9 Å². The summed E-state index contributed by atoms with van der Waals surface area (Å²) >= 11 is 0. The summed E-state index contributed by atoms with van der Waals surface area (Å²) in [6.45, 7) is 5.18. The zero-order valence-electron chi connectivity index (χ0n) is 17.1. The second-order valence-electron chi connectivity index (χ2n) is 9.28. The summed E-state index contributed by atoms with van der Waals surface area (Å²) in [6, 6.07) is 0. The van der Waals surface area contributed by atoms with Gasteiger partial charge in [-0.2, -0.15) is 0 Å². The van der Waals surface area contributed by atoms with Crippen LogP contribution in [-0.2, 0) is 19.1 Å². The molecule has 0 aromatic heterocycles. The topological polar surface area (TPSA) is 52.6 Å². The highest BCUT2D eigenvalue weighted by atomic mass is 16.6. The molecular formula is C24H30O4. The molecular weight excluding hydrogens is 352 g/mol. The number of esters is 2. The second-order valence-corrected chi connectivity index (χ2v) is 9.28. The molecule has 0 N–H and O–H groups in total. The number of hydrogen-bond donors (Lipinski definition) is 0. The summed E-state index contributed by atoms with van der Waals surface area (Å²) < 4.78 is 11.2. The van der Waals surface area contributed by atoms with Crippen LogP contribution >= 0.6 is 0 Å². The van der Waals surface area contributed by atoms with Gasteiger partial charge in [0.05, 0.1) is 0 Å². The molecule has 4 aliphatic rings. The zero-order valence-corrected chi connectivity index (χ0v) is 17.1. The Morgan fingerprint density at radius 2 is 1.93 bits per heavy atom. The zero-order chi connectivity index (χ0) is 20.1. The fourth-order valence-electron chi connectivity index (χ4n) is 6.87. The van der Waals surface area contributed by atoms with Crippen molar-refractivity contribution in [1.29, 1.82) is 0 Å². The number of ether oxygens (including phenoxy) is 2. The van der Waals surface area contributed by atoms with Crippen LogP contribution in [0.3, 0.4) is 0 Å². The summed E-state index contributed by atoms with van der Waals surface area (Å²) in [4.78, 5) is 23.1. The number of hydrogen-bond acceptors (Lipinski definition) is 4. The second kappa shape index (κ2) is 6.79. The molecule has 0 spiro atoms. The molecule has 0 heterocycles. The van der Waals surface area contributed by atoms with Gasteiger partial charge in [-0.15, -0.1) is 6.42 Å². The van der Waals surface area contributed by atoms with Crippen LogP contribution in [0.1, 0.15) is 65.7 Å². The molecule has 4 heteroatoms. The maximum Gasteiger partial charge on any atom is 0.307 e. The monoisotopic (exact) mass is 382 g/mol. The SMILES string of the molecule is C#C[C@]1(OC(C)=O)CC[C@@H]2[C@@H]3CC=C4C=C(OC(C)=O)CC[C@@H]4[C@H]3CC[C@@]21C. The third-order valence-electron chi connectivity index (χ3n) is 8.04. The van der Waals surface area contributed by atoms with Crippen molar-refractivity contribution in [2.75, 3.05) is 0 Å². The van der Waals surface area contributed by atoms with Crippen LogP contribution in [0.25, 0.3) is 0 Å². The van der Waals surface area contributed by atoms with Crippen molar-refractivity contribution in [1.82, 2.24) is 0 Å². The van der Waals surface area contributed by atoms with Gasteiger partial charge in [-0.05, 0) is 73.8 Å². The van der Waals surface area contributed by atoms with Gasteiger partial charge in [0.25, 0.3) is 0 Å². The minimum absolute atomic E-state index is 0.145. The van der Waals surface area contributed by atoms with E-state index in [1.807, 2.05) is 0 Å². The molecule has 4 aliphatic carbocycles. The standard InChI is InChI=1S/C24H30O4/c1-5-24(28-16(3)26)13-11-22-21-8-6-17-14-18(27-15(2)25)7-9-19(17)20(21)10-12-23(22,24)4/h1,6,14,19-22H,7-13H2,2-4H3/t19-,20+,21+,22+,23-,24-/m0/s1. The first-order chi connectivity index (χ1) is 13.3. The summed E-state index contributed by atoms with van der Waals surface area (Å²) in [5.74, 6) is 5.44. The molecule has 0 radical (unpaired) electrons. The number of rotatable bonds is 2. The molecule has 28 heavy (non-hydrogen) atoms. The third-order valence-corrected chi connectivity index (χ3v) is 8.04. The van der Waals surface area contributed by atoms with Crippen molar-refractivity contribution in [3.63, 3.8) is 0 Å². The molecule has 4 nitrogen and oxygen atoms in total. The highest BCUT2D eigenvalue weighted by Crippen LogP contribution is 2.65. The maximum atomic E-state index is 11.8. The minimum Gasteiger partial charge on any atom is -0.445 e. The van der Waals surface area contributed by atoms with Crippen LogP contribution in [0.15, 0.2) is 23.5 Å². The molecule has 150 valence electrons. The van der Waals surface area contributed by atoms with Gasteiger partial charge in [0, 0.05) is 25.7 Å². The number of terminal acetylenes is 1. The third kappa shape index (κ3) is 2.82. The van der Waals surface area contributed by atoms with E-state index in [4.69, 9.17) is 15.9 Å². The lowest BCUT2D eigenvalue weighted by molar-refractivity contribution is -0.167. The highest BCUT2D eigenvalue weighted by Gasteiger charge is 2.64. The number of carbonyl (C=O) groups excluding carboxylic acids is 2. The molecule has 2 saturated carbocycles. The fourth-order valence-corrected chi connectivity index (χ4v) is 6.87. The lowest BCUT2D eigenvalue weighted by Crippen LogP contribution is -2.53. The van der Waals surface area contributed by atoms with E-state index >= 15 is 0 Å². The Hall–Kier alpha value is -2.02. The molecule has 6 atom stereocenters. The van der Waals surface area contributed by atoms with Crippen LogP contribution in [0.4, 0.5) is 0 Å². The summed E-state index contributed by atoms with van der Waals surface area (Å²) in [6.07, 6.45) is 17.2. The van der Waals surface area contributed by atoms with Gasteiger partial charge in [-0.3, -0.25) is 9.59 Å². The van der Waals surface area contributed by atoms with Crippen molar-refractivity contribution in [3.8, 4) is 12.3 Å². The first-order valence-corrected chi connectivity index (χ1v) is 10.6. The molecule has 0 aliphatic heterocycles. The Morgan fingerprint density at radius 1 is 1.14 bits per heavy atom. The average molecular weight is 383 g/mol. The molecule has 0 aromatic carbocycles. The van der Waals surface area contributed by atoms with Gasteiger partial charge in [-0.25, -0.2) is 0 Å². The van der Waals surface area contributed by atoms with Crippen molar-refractivity contribution in [2.24, 2.45) is 29.1 Å². The predicted octanol–water partition coefficient (Wildman–Crippen LogP) is 4.55. The van der Waals surface area contributed by atoms with Crippen molar-refractivity contribution >= 4 is 11.9 Å². The first kappa shape index (κ1) is 19.3. The molecule has 0 unspecified atom stereocenters. The quantitative estimate of drug-likeness (QED) is 0.519. The van der Waals surface area contributed by atoms with Crippen LogP contribution in [0.5, 0.6) is 0 Å². The van der Waals surface area contributed by atoms with Gasteiger partial charge in [0.15, 0.2) is 5.60 Å². The Balaban J connectivity index is 1.61. The van der Waals surface area contributed by atoms with E-state index in [-0.39, 0.29) is 17.4 Å². The Morgan fingerprint density at radius 3 is 2.61 bits per heavy atom. The minimum atomic E-state index is -0.757. The lowest BCUT2D eigenvalue weighted by Gasteiger charge is -2.54. The van der Waals surface area contributed by atoms with Gasteiger partial charge < -0.3 is 9.47 Å². The van der Waals surface area contributed by atoms with E-state index in [1.54, 1.807) is 0 Å².